The Balaban J connectivity index is 2.23. The lowest BCUT2D eigenvalue weighted by atomic mass is 9.82. The molecule has 0 saturated carbocycles. The van der Waals surface area contributed by atoms with Crippen molar-refractivity contribution in [2.45, 2.75) is 32.6 Å². The van der Waals surface area contributed by atoms with Crippen LogP contribution < -0.4 is 5.73 Å². The van der Waals surface area contributed by atoms with E-state index in [0.29, 0.717) is 29.9 Å². The van der Waals surface area contributed by atoms with E-state index in [1.54, 1.807) is 0 Å². The highest BCUT2D eigenvalue weighted by Gasteiger charge is 2.33. The third-order valence-electron chi connectivity index (χ3n) is 3.89. The monoisotopic (exact) mass is 263 g/mol. The first-order valence-corrected chi connectivity index (χ1v) is 6.51. The lowest BCUT2D eigenvalue weighted by Gasteiger charge is -2.22. The second-order valence-corrected chi connectivity index (χ2v) is 5.43. The van der Waals surface area contributed by atoms with Gasteiger partial charge in [-0.15, -0.1) is 0 Å². The highest BCUT2D eigenvalue weighted by molar-refractivity contribution is 6.30. The summed E-state index contributed by atoms with van der Waals surface area (Å²) < 4.78 is 16.5. The molecular formula is C15H16ClNO. The molecule has 0 aromatic heterocycles. The maximum atomic E-state index is 11.7. The first-order chi connectivity index (χ1) is 9.31. The molecule has 94 valence electrons. The molecule has 0 bridgehead atoms. The first kappa shape index (κ1) is 9.62. The summed E-state index contributed by atoms with van der Waals surface area (Å²) in [6.07, 6.45) is 0.0107. The minimum absolute atomic E-state index is 0.324. The standard InChI is InChI=1S/C15H16ClNO/c1-8-5-9(16)6-13-10-3-2-4-11(15(17)18)14(10)7-12(8)13/h5-6,11H,2-4,7H2,1H3,(H2,17,18)/i3D2. The van der Waals surface area contributed by atoms with Gasteiger partial charge in [-0.3, -0.25) is 4.79 Å². The Morgan fingerprint density at radius 1 is 1.56 bits per heavy atom. The molecule has 2 aliphatic rings. The van der Waals surface area contributed by atoms with Crippen LogP contribution in [0.15, 0.2) is 17.7 Å². The van der Waals surface area contributed by atoms with Crippen LogP contribution in [-0.2, 0) is 11.2 Å². The summed E-state index contributed by atoms with van der Waals surface area (Å²) in [4.78, 5) is 11.7. The Bertz CT molecular complexity index is 652. The normalized spacial score (nSPS) is 26.2. The average Bonchev–Trinajstić information content (AvgIpc) is 2.69. The predicted molar refractivity (Wildman–Crippen MR) is 73.3 cm³/mol. The number of allylic oxidation sites excluding steroid dienone is 1. The van der Waals surface area contributed by atoms with Crippen LogP contribution in [0.5, 0.6) is 0 Å². The molecule has 1 aromatic rings. The van der Waals surface area contributed by atoms with E-state index in [9.17, 15) is 4.79 Å². The molecule has 1 atom stereocenters. The van der Waals surface area contributed by atoms with Crippen LogP contribution in [0.1, 0.15) is 38.6 Å². The fourth-order valence-corrected chi connectivity index (χ4v) is 3.29. The van der Waals surface area contributed by atoms with Crippen LogP contribution in [0, 0.1) is 12.8 Å². The molecule has 2 nitrogen and oxygen atoms in total. The summed E-state index contributed by atoms with van der Waals surface area (Å²) in [5, 5.41) is 0.604. The molecular weight excluding hydrogens is 246 g/mol. The number of aryl methyl sites for hydroxylation is 1. The quantitative estimate of drug-likeness (QED) is 0.830. The van der Waals surface area contributed by atoms with Gasteiger partial charge in [0.1, 0.15) is 0 Å². The molecule has 1 unspecified atom stereocenters. The topological polar surface area (TPSA) is 43.1 Å². The third kappa shape index (κ3) is 1.67. The van der Waals surface area contributed by atoms with Crippen LogP contribution in [0.25, 0.3) is 5.57 Å². The van der Waals surface area contributed by atoms with E-state index in [4.69, 9.17) is 20.1 Å². The van der Waals surface area contributed by atoms with Gasteiger partial charge in [0, 0.05) is 7.76 Å². The van der Waals surface area contributed by atoms with Gasteiger partial charge in [0.05, 0.1) is 5.92 Å². The Hall–Kier alpha value is -1.28. The third-order valence-corrected chi connectivity index (χ3v) is 4.11. The molecule has 18 heavy (non-hydrogen) atoms. The van der Waals surface area contributed by atoms with Gasteiger partial charge >= 0.3 is 0 Å². The van der Waals surface area contributed by atoms with Crippen LogP contribution in [0.2, 0.25) is 5.02 Å². The van der Waals surface area contributed by atoms with Crippen LogP contribution in [0.4, 0.5) is 0 Å². The van der Waals surface area contributed by atoms with Gasteiger partial charge in [-0.1, -0.05) is 11.6 Å². The van der Waals surface area contributed by atoms with Gasteiger partial charge in [-0.25, -0.2) is 0 Å². The molecule has 0 aliphatic heterocycles. The van der Waals surface area contributed by atoms with E-state index in [-0.39, 0.29) is 11.8 Å². The number of carbonyl (C=O) groups excluding carboxylic acids is 1. The summed E-state index contributed by atoms with van der Waals surface area (Å²) in [7, 11) is 0. The van der Waals surface area contributed by atoms with Gasteiger partial charge in [0.15, 0.2) is 0 Å². The first-order valence-electron chi connectivity index (χ1n) is 7.13. The predicted octanol–water partition coefficient (Wildman–Crippen LogP) is 3.24. The number of primary amides is 1. The molecule has 2 aliphatic carbocycles. The Morgan fingerprint density at radius 2 is 2.33 bits per heavy atom. The highest BCUT2D eigenvalue weighted by atomic mass is 35.5. The molecule has 1 amide bonds. The lowest BCUT2D eigenvalue weighted by Crippen LogP contribution is -2.27. The molecule has 0 fully saturated rings. The maximum Gasteiger partial charge on any atom is 0.224 e. The zero-order valence-corrected chi connectivity index (χ0v) is 11.0. The number of halogens is 1. The van der Waals surface area contributed by atoms with E-state index < -0.39 is 6.37 Å². The fourth-order valence-electron chi connectivity index (χ4n) is 3.02. The largest absolute Gasteiger partial charge is 0.369 e. The molecule has 0 radical (unpaired) electrons. The van der Waals surface area contributed by atoms with Gasteiger partial charge in [-0.05, 0) is 72.5 Å². The molecule has 3 heteroatoms. The van der Waals surface area contributed by atoms with Crippen molar-refractivity contribution >= 4 is 23.1 Å². The Labute approximate surface area is 115 Å². The highest BCUT2D eigenvalue weighted by Crippen LogP contribution is 2.45. The van der Waals surface area contributed by atoms with Crippen molar-refractivity contribution in [3.63, 3.8) is 0 Å². The second kappa shape index (κ2) is 4.13. The Kier molecular flexibility index (Phi) is 2.21. The number of rotatable bonds is 1. The Morgan fingerprint density at radius 3 is 3.06 bits per heavy atom. The van der Waals surface area contributed by atoms with Crippen LogP contribution in [0.3, 0.4) is 0 Å². The van der Waals surface area contributed by atoms with Crippen LogP contribution >= 0.6 is 11.6 Å². The van der Waals surface area contributed by atoms with E-state index in [0.717, 1.165) is 22.3 Å². The zero-order chi connectivity index (χ0) is 14.7. The van der Waals surface area contributed by atoms with Crippen molar-refractivity contribution in [3.8, 4) is 0 Å². The summed E-state index contributed by atoms with van der Waals surface area (Å²) in [5.41, 5.74) is 9.98. The van der Waals surface area contributed by atoms with Crippen molar-refractivity contribution in [1.82, 2.24) is 0 Å². The van der Waals surface area contributed by atoms with E-state index >= 15 is 0 Å². The van der Waals surface area contributed by atoms with E-state index in [1.807, 2.05) is 19.1 Å². The van der Waals surface area contributed by atoms with Crippen molar-refractivity contribution in [2.24, 2.45) is 11.7 Å². The number of hydrogen-bond acceptors (Lipinski definition) is 1. The summed E-state index contributed by atoms with van der Waals surface area (Å²) >= 11 is 6.12. The fraction of sp³-hybridized carbons (Fsp3) is 0.400. The minimum Gasteiger partial charge on any atom is -0.369 e. The van der Waals surface area contributed by atoms with Gasteiger partial charge in [0.25, 0.3) is 0 Å². The second-order valence-electron chi connectivity index (χ2n) is 5.00. The SMILES string of the molecule is [2H]C1([2H])CCC(C(N)=O)C2=C1c1cc(Cl)cc(C)c1C2. The number of hydrogen-bond donors (Lipinski definition) is 1. The smallest absolute Gasteiger partial charge is 0.224 e. The molecule has 0 spiro atoms. The summed E-state index contributed by atoms with van der Waals surface area (Å²) in [5.74, 6) is -0.705. The average molecular weight is 264 g/mol. The lowest BCUT2D eigenvalue weighted by molar-refractivity contribution is -0.121. The van der Waals surface area contributed by atoms with Crippen molar-refractivity contribution < 1.29 is 7.54 Å². The molecule has 0 saturated heterocycles. The van der Waals surface area contributed by atoms with Crippen molar-refractivity contribution in [3.05, 3.63) is 39.4 Å². The summed E-state index contributed by atoms with van der Waals surface area (Å²) in [6, 6.07) is 3.70. The van der Waals surface area contributed by atoms with Crippen molar-refractivity contribution in [1.29, 1.82) is 0 Å². The number of carbonyl (C=O) groups is 1. The molecule has 0 heterocycles. The summed E-state index contributed by atoms with van der Waals surface area (Å²) in [6.45, 7) is 1.97. The van der Waals surface area contributed by atoms with E-state index in [2.05, 4.69) is 0 Å². The van der Waals surface area contributed by atoms with Gasteiger partial charge < -0.3 is 5.73 Å². The van der Waals surface area contributed by atoms with Gasteiger partial charge in [-0.2, -0.15) is 0 Å². The minimum atomic E-state index is -1.41. The molecule has 2 N–H and O–H groups in total. The number of amides is 1. The van der Waals surface area contributed by atoms with Gasteiger partial charge in [0.2, 0.25) is 5.91 Å². The number of benzene rings is 1. The van der Waals surface area contributed by atoms with Crippen molar-refractivity contribution in [2.75, 3.05) is 0 Å². The molecule has 1 aromatic carbocycles. The molecule has 3 rings (SSSR count). The number of nitrogens with two attached hydrogens (primary N) is 1. The van der Waals surface area contributed by atoms with E-state index in [1.165, 1.54) is 0 Å². The van der Waals surface area contributed by atoms with Crippen LogP contribution in [-0.4, -0.2) is 5.91 Å². The maximum absolute atomic E-state index is 11.7. The zero-order valence-electron chi connectivity index (χ0n) is 12.2. The number of fused-ring (bicyclic) bond motifs is 2.